The summed E-state index contributed by atoms with van der Waals surface area (Å²) in [7, 11) is 0. The molecule has 0 atom stereocenters. The Labute approximate surface area is 182 Å². The van der Waals surface area contributed by atoms with Crippen molar-refractivity contribution in [2.45, 2.75) is 6.92 Å². The van der Waals surface area contributed by atoms with Crippen LogP contribution in [0.3, 0.4) is 0 Å². The number of aromatic nitrogens is 6. The van der Waals surface area contributed by atoms with Crippen molar-refractivity contribution >= 4 is 29.4 Å². The molecule has 5 aromatic rings. The summed E-state index contributed by atoms with van der Waals surface area (Å²) >= 11 is 0. The van der Waals surface area contributed by atoms with E-state index in [4.69, 9.17) is 0 Å². The molecule has 0 spiro atoms. The topological polar surface area (TPSA) is 97.7 Å². The highest BCUT2D eigenvalue weighted by Gasteiger charge is 2.10. The van der Waals surface area contributed by atoms with E-state index in [-0.39, 0.29) is 5.56 Å². The van der Waals surface area contributed by atoms with E-state index in [9.17, 15) is 9.90 Å². The Morgan fingerprint density at radius 1 is 0.969 bits per heavy atom. The Kier molecular flexibility index (Phi) is 4.69. The van der Waals surface area contributed by atoms with Crippen LogP contribution in [-0.2, 0) is 0 Å². The summed E-state index contributed by atoms with van der Waals surface area (Å²) in [5, 5.41) is 18.1. The predicted molar refractivity (Wildman–Crippen MR) is 119 cm³/mol. The first-order valence-corrected chi connectivity index (χ1v) is 9.76. The number of fused-ring (bicyclic) bond motifs is 2. The van der Waals surface area contributed by atoms with Crippen molar-refractivity contribution < 1.29 is 9.90 Å². The van der Waals surface area contributed by atoms with Gasteiger partial charge in [-0.25, -0.2) is 23.8 Å². The third-order valence-corrected chi connectivity index (χ3v) is 5.04. The van der Waals surface area contributed by atoms with Crippen LogP contribution in [0.2, 0.25) is 0 Å². The molecule has 154 valence electrons. The lowest BCUT2D eigenvalue weighted by Crippen LogP contribution is -2.00. The Morgan fingerprint density at radius 2 is 1.69 bits per heavy atom. The molecule has 0 aliphatic heterocycles. The van der Waals surface area contributed by atoms with Gasteiger partial charge in [0.15, 0.2) is 11.3 Å². The van der Waals surface area contributed by atoms with Crippen molar-refractivity contribution in [2.75, 3.05) is 0 Å². The van der Waals surface area contributed by atoms with Gasteiger partial charge in [-0.05, 0) is 66.4 Å². The highest BCUT2D eigenvalue weighted by molar-refractivity contribution is 5.90. The van der Waals surface area contributed by atoms with Gasteiger partial charge in [0.05, 0.1) is 23.7 Å². The average molecular weight is 420 g/mol. The molecule has 0 amide bonds. The van der Waals surface area contributed by atoms with Crippen molar-refractivity contribution in [3.8, 4) is 11.8 Å². The van der Waals surface area contributed by atoms with Crippen molar-refractivity contribution in [2.24, 2.45) is 0 Å². The maximum absolute atomic E-state index is 11.7. The molecule has 0 saturated heterocycles. The van der Waals surface area contributed by atoms with Gasteiger partial charge < -0.3 is 5.11 Å². The van der Waals surface area contributed by atoms with Gasteiger partial charge in [-0.2, -0.15) is 10.2 Å². The SMILES string of the molecule is Cc1c(C#Cc2cnc3cccnn23)cc(C(=O)O)cc1/C=C/c1cnc2cccnn12. The van der Waals surface area contributed by atoms with E-state index in [1.165, 1.54) is 0 Å². The van der Waals surface area contributed by atoms with Gasteiger partial charge in [0.1, 0.15) is 5.69 Å². The second-order valence-electron chi connectivity index (χ2n) is 7.04. The molecular formula is C24H16N6O2. The second-order valence-corrected chi connectivity index (χ2v) is 7.04. The largest absolute Gasteiger partial charge is 0.478 e. The van der Waals surface area contributed by atoms with Gasteiger partial charge in [-0.15, -0.1) is 0 Å². The number of aromatic carboxylic acids is 1. The zero-order valence-electron chi connectivity index (χ0n) is 17.0. The first kappa shape index (κ1) is 19.2. The summed E-state index contributed by atoms with van der Waals surface area (Å²) in [6, 6.07) is 10.5. The highest BCUT2D eigenvalue weighted by atomic mass is 16.4. The lowest BCUT2D eigenvalue weighted by Gasteiger charge is -2.06. The van der Waals surface area contributed by atoms with Crippen LogP contribution >= 0.6 is 0 Å². The molecule has 0 unspecified atom stereocenters. The quantitative estimate of drug-likeness (QED) is 0.450. The molecule has 0 fully saturated rings. The Hall–Kier alpha value is -4.77. The van der Waals surface area contributed by atoms with Gasteiger partial charge in [0, 0.05) is 18.0 Å². The van der Waals surface area contributed by atoms with Gasteiger partial charge in [-0.1, -0.05) is 12.0 Å². The molecule has 0 bridgehead atoms. The second kappa shape index (κ2) is 7.81. The van der Waals surface area contributed by atoms with E-state index < -0.39 is 5.97 Å². The lowest BCUT2D eigenvalue weighted by molar-refractivity contribution is 0.0697. The van der Waals surface area contributed by atoms with E-state index in [1.807, 2.05) is 37.3 Å². The summed E-state index contributed by atoms with van der Waals surface area (Å²) < 4.78 is 3.35. The van der Waals surface area contributed by atoms with Crippen LogP contribution in [0, 0.1) is 18.8 Å². The highest BCUT2D eigenvalue weighted by Crippen LogP contribution is 2.20. The van der Waals surface area contributed by atoms with E-state index >= 15 is 0 Å². The summed E-state index contributed by atoms with van der Waals surface area (Å²) in [6.45, 7) is 1.91. The molecule has 0 radical (unpaired) electrons. The number of hydrogen-bond donors (Lipinski definition) is 1. The standard InChI is InChI=1S/C24H16N6O2/c1-16-17(6-8-20-14-25-22-4-2-10-27-29(20)22)12-19(24(31)32)13-18(16)7-9-21-15-26-23-5-3-11-28-30(21)23/h2-6,8,10-15H,1H3,(H,31,32)/b8-6+. The number of imidazole rings is 2. The molecule has 0 saturated carbocycles. The predicted octanol–water partition coefficient (Wildman–Crippen LogP) is 3.35. The van der Waals surface area contributed by atoms with E-state index in [1.54, 1.807) is 52.0 Å². The smallest absolute Gasteiger partial charge is 0.335 e. The fourth-order valence-corrected chi connectivity index (χ4v) is 3.35. The molecule has 4 aromatic heterocycles. The van der Waals surface area contributed by atoms with E-state index in [2.05, 4.69) is 32.0 Å². The lowest BCUT2D eigenvalue weighted by atomic mass is 9.98. The van der Waals surface area contributed by atoms with Crippen LogP contribution in [0.4, 0.5) is 0 Å². The van der Waals surface area contributed by atoms with Gasteiger partial charge in [-0.3, -0.25) is 0 Å². The third kappa shape index (κ3) is 3.48. The first-order valence-electron chi connectivity index (χ1n) is 9.76. The van der Waals surface area contributed by atoms with Gasteiger partial charge >= 0.3 is 5.97 Å². The molecule has 0 aliphatic rings. The fourth-order valence-electron chi connectivity index (χ4n) is 3.35. The molecule has 0 aliphatic carbocycles. The molecule has 5 rings (SSSR count). The van der Waals surface area contributed by atoms with Crippen LogP contribution in [0.25, 0.3) is 23.4 Å². The summed E-state index contributed by atoms with van der Waals surface area (Å²) in [6.07, 6.45) is 10.4. The molecular weight excluding hydrogens is 404 g/mol. The number of carboxylic acids is 1. The van der Waals surface area contributed by atoms with Crippen molar-refractivity contribution in [1.82, 2.24) is 29.2 Å². The fraction of sp³-hybridized carbons (Fsp3) is 0.0417. The van der Waals surface area contributed by atoms with Crippen molar-refractivity contribution in [3.63, 3.8) is 0 Å². The van der Waals surface area contributed by atoms with Crippen LogP contribution in [-0.4, -0.2) is 40.3 Å². The Morgan fingerprint density at radius 3 is 2.47 bits per heavy atom. The number of rotatable bonds is 3. The minimum absolute atomic E-state index is 0.159. The van der Waals surface area contributed by atoms with Crippen LogP contribution < -0.4 is 0 Å². The number of nitrogens with zero attached hydrogens (tertiary/aromatic N) is 6. The van der Waals surface area contributed by atoms with Crippen LogP contribution in [0.5, 0.6) is 0 Å². The number of carboxylic acid groups (broad SMARTS) is 1. The summed E-state index contributed by atoms with van der Waals surface area (Å²) in [4.78, 5) is 20.3. The summed E-state index contributed by atoms with van der Waals surface area (Å²) in [5.41, 5.74) is 5.21. The molecule has 8 nitrogen and oxygen atoms in total. The Balaban J connectivity index is 1.57. The van der Waals surface area contributed by atoms with Gasteiger partial charge in [0.2, 0.25) is 0 Å². The molecule has 32 heavy (non-hydrogen) atoms. The number of benzene rings is 1. The van der Waals surface area contributed by atoms with E-state index in [0.717, 1.165) is 22.5 Å². The molecule has 8 heteroatoms. The zero-order chi connectivity index (χ0) is 22.1. The number of carbonyl (C=O) groups is 1. The van der Waals surface area contributed by atoms with Crippen LogP contribution in [0.15, 0.2) is 61.2 Å². The van der Waals surface area contributed by atoms with Crippen LogP contribution in [0.1, 0.15) is 38.4 Å². The number of hydrogen-bond acceptors (Lipinski definition) is 5. The molecule has 1 aromatic carbocycles. The Bertz CT molecular complexity index is 1580. The minimum atomic E-state index is -1.02. The first-order chi connectivity index (χ1) is 15.6. The maximum atomic E-state index is 11.7. The average Bonchev–Trinajstić information content (AvgIpc) is 3.41. The van der Waals surface area contributed by atoms with Crippen molar-refractivity contribution in [3.05, 3.63) is 94.8 Å². The van der Waals surface area contributed by atoms with Gasteiger partial charge in [0.25, 0.3) is 0 Å². The third-order valence-electron chi connectivity index (χ3n) is 5.04. The minimum Gasteiger partial charge on any atom is -0.478 e. The zero-order valence-corrected chi connectivity index (χ0v) is 17.0. The maximum Gasteiger partial charge on any atom is 0.335 e. The van der Waals surface area contributed by atoms with E-state index in [0.29, 0.717) is 16.9 Å². The molecule has 1 N–H and O–H groups in total. The normalized spacial score (nSPS) is 11.2. The van der Waals surface area contributed by atoms with Crippen molar-refractivity contribution in [1.29, 1.82) is 0 Å². The molecule has 4 heterocycles. The monoisotopic (exact) mass is 420 g/mol. The summed E-state index contributed by atoms with van der Waals surface area (Å²) in [5.74, 6) is 5.13.